The van der Waals surface area contributed by atoms with Gasteiger partial charge in [0.15, 0.2) is 0 Å². The minimum Gasteiger partial charge on any atom is -0.481 e. The number of fused-ring (bicyclic) bond motifs is 1. The third-order valence-electron chi connectivity index (χ3n) is 3.26. The van der Waals surface area contributed by atoms with Crippen LogP contribution >= 0.6 is 0 Å². The Morgan fingerprint density at radius 3 is 2.60 bits per heavy atom. The molecule has 3 unspecified atom stereocenters. The summed E-state index contributed by atoms with van der Waals surface area (Å²) in [6, 6.07) is 0. The van der Waals surface area contributed by atoms with Gasteiger partial charge in [0.2, 0.25) is 0 Å². The van der Waals surface area contributed by atoms with Crippen LogP contribution in [0.1, 0.15) is 26.2 Å². The molecule has 0 amide bonds. The minimum absolute atomic E-state index is 0.356. The predicted molar refractivity (Wildman–Crippen MR) is 36.6 cm³/mol. The Bertz CT molecular complexity index is 188. The van der Waals surface area contributed by atoms with Crippen LogP contribution in [0.5, 0.6) is 0 Å². The van der Waals surface area contributed by atoms with E-state index in [1.54, 1.807) is 0 Å². The van der Waals surface area contributed by atoms with Crippen LogP contribution in [0.2, 0.25) is 0 Å². The molecule has 2 saturated carbocycles. The summed E-state index contributed by atoms with van der Waals surface area (Å²) in [4.78, 5) is 10.8. The summed E-state index contributed by atoms with van der Waals surface area (Å²) in [5, 5.41) is 8.87. The fourth-order valence-corrected chi connectivity index (χ4v) is 2.28. The Balaban J connectivity index is 2.21. The lowest BCUT2D eigenvalue weighted by Crippen LogP contribution is -2.27. The Kier molecular flexibility index (Phi) is 0.960. The van der Waals surface area contributed by atoms with Crippen molar-refractivity contribution in [3.63, 3.8) is 0 Å². The molecule has 2 heteroatoms. The van der Waals surface area contributed by atoms with Crippen molar-refractivity contribution in [1.82, 2.24) is 0 Å². The van der Waals surface area contributed by atoms with E-state index in [1.807, 2.05) is 6.92 Å². The Labute approximate surface area is 60.2 Å². The molecule has 2 fully saturated rings. The molecule has 1 N–H and O–H groups in total. The second-order valence-corrected chi connectivity index (χ2v) is 3.86. The molecule has 0 aromatic heterocycles. The van der Waals surface area contributed by atoms with Crippen LogP contribution in [0, 0.1) is 17.3 Å². The van der Waals surface area contributed by atoms with Crippen molar-refractivity contribution < 1.29 is 9.90 Å². The molecule has 3 atom stereocenters. The Hall–Kier alpha value is -0.530. The average Bonchev–Trinajstić information content (AvgIpc) is 2.56. The van der Waals surface area contributed by atoms with Crippen molar-refractivity contribution in [2.45, 2.75) is 26.2 Å². The van der Waals surface area contributed by atoms with E-state index in [9.17, 15) is 4.79 Å². The molecule has 0 radical (unpaired) electrons. The van der Waals surface area contributed by atoms with Crippen LogP contribution in [0.15, 0.2) is 0 Å². The largest absolute Gasteiger partial charge is 0.481 e. The number of rotatable bonds is 1. The normalized spacial score (nSPS) is 50.5. The smallest absolute Gasteiger partial charge is 0.309 e. The van der Waals surface area contributed by atoms with E-state index in [2.05, 4.69) is 0 Å². The molecule has 0 aliphatic heterocycles. The Morgan fingerprint density at radius 1 is 1.70 bits per heavy atom. The molecular formula is C8H12O2. The molecule has 0 bridgehead atoms. The second-order valence-electron chi connectivity index (χ2n) is 3.86. The predicted octanol–water partition coefficient (Wildman–Crippen LogP) is 1.51. The maximum atomic E-state index is 10.8. The fraction of sp³-hybridized carbons (Fsp3) is 0.875. The fourth-order valence-electron chi connectivity index (χ4n) is 2.28. The van der Waals surface area contributed by atoms with Gasteiger partial charge in [-0.05, 0) is 38.0 Å². The third kappa shape index (κ3) is 0.568. The lowest BCUT2D eigenvalue weighted by Gasteiger charge is -2.19. The monoisotopic (exact) mass is 140 g/mol. The van der Waals surface area contributed by atoms with E-state index >= 15 is 0 Å². The number of hydrogen-bond donors (Lipinski definition) is 1. The SMILES string of the molecule is CC1(C(=O)O)CCC2CC21. The first-order valence-corrected chi connectivity index (χ1v) is 3.88. The quantitative estimate of drug-likeness (QED) is 0.599. The highest BCUT2D eigenvalue weighted by atomic mass is 16.4. The van der Waals surface area contributed by atoms with E-state index in [1.165, 1.54) is 6.42 Å². The van der Waals surface area contributed by atoms with Crippen LogP contribution in [-0.4, -0.2) is 11.1 Å². The van der Waals surface area contributed by atoms with Crippen molar-refractivity contribution in [2.75, 3.05) is 0 Å². The van der Waals surface area contributed by atoms with E-state index in [-0.39, 0.29) is 5.41 Å². The molecule has 0 aromatic carbocycles. The maximum Gasteiger partial charge on any atom is 0.309 e. The summed E-state index contributed by atoms with van der Waals surface area (Å²) in [6.45, 7) is 1.90. The zero-order valence-electron chi connectivity index (χ0n) is 6.13. The van der Waals surface area contributed by atoms with Crippen LogP contribution < -0.4 is 0 Å². The topological polar surface area (TPSA) is 37.3 Å². The van der Waals surface area contributed by atoms with Gasteiger partial charge in [0.1, 0.15) is 0 Å². The summed E-state index contributed by atoms with van der Waals surface area (Å²) in [6.07, 6.45) is 3.22. The Morgan fingerprint density at radius 2 is 2.40 bits per heavy atom. The van der Waals surface area contributed by atoms with Crippen molar-refractivity contribution in [3.05, 3.63) is 0 Å². The van der Waals surface area contributed by atoms with Gasteiger partial charge < -0.3 is 5.11 Å². The molecule has 2 rings (SSSR count). The van der Waals surface area contributed by atoms with Gasteiger partial charge in [-0.3, -0.25) is 4.79 Å². The van der Waals surface area contributed by atoms with Gasteiger partial charge in [-0.25, -0.2) is 0 Å². The zero-order valence-corrected chi connectivity index (χ0v) is 6.13. The maximum absolute atomic E-state index is 10.8. The highest BCUT2D eigenvalue weighted by Gasteiger charge is 2.59. The zero-order chi connectivity index (χ0) is 7.35. The van der Waals surface area contributed by atoms with E-state index in [4.69, 9.17) is 5.11 Å². The minimum atomic E-state index is -0.586. The van der Waals surface area contributed by atoms with Gasteiger partial charge >= 0.3 is 5.97 Å². The van der Waals surface area contributed by atoms with Gasteiger partial charge in [-0.2, -0.15) is 0 Å². The van der Waals surface area contributed by atoms with Crippen molar-refractivity contribution in [1.29, 1.82) is 0 Å². The number of hydrogen-bond acceptors (Lipinski definition) is 1. The van der Waals surface area contributed by atoms with Crippen LogP contribution in [0.25, 0.3) is 0 Å². The van der Waals surface area contributed by atoms with Gasteiger partial charge in [0.25, 0.3) is 0 Å². The molecule has 56 valence electrons. The summed E-state index contributed by atoms with van der Waals surface area (Å²) in [5.74, 6) is 0.698. The summed E-state index contributed by atoms with van der Waals surface area (Å²) in [5.41, 5.74) is -0.356. The molecule has 10 heavy (non-hydrogen) atoms. The van der Waals surface area contributed by atoms with Gasteiger partial charge in [-0.1, -0.05) is 0 Å². The van der Waals surface area contributed by atoms with Crippen LogP contribution in [0.3, 0.4) is 0 Å². The van der Waals surface area contributed by atoms with Gasteiger partial charge in [-0.15, -0.1) is 0 Å². The molecule has 2 nitrogen and oxygen atoms in total. The molecule has 0 saturated heterocycles. The molecule has 2 aliphatic carbocycles. The second kappa shape index (κ2) is 1.55. The first-order chi connectivity index (χ1) is 4.64. The number of aliphatic carboxylic acids is 1. The molecule has 0 spiro atoms. The lowest BCUT2D eigenvalue weighted by atomic mass is 9.85. The van der Waals surface area contributed by atoms with E-state index < -0.39 is 5.97 Å². The highest BCUT2D eigenvalue weighted by Crippen LogP contribution is 2.61. The molecule has 0 aromatic rings. The number of carboxylic acids is 1. The third-order valence-corrected chi connectivity index (χ3v) is 3.26. The van der Waals surface area contributed by atoms with Gasteiger partial charge in [0.05, 0.1) is 5.41 Å². The standard InChI is InChI=1S/C8H12O2/c1-8(7(9)10)3-2-5-4-6(5)8/h5-6H,2-4H2,1H3,(H,9,10). The molecule has 2 aliphatic rings. The summed E-state index contributed by atoms with van der Waals surface area (Å²) in [7, 11) is 0. The average molecular weight is 140 g/mol. The summed E-state index contributed by atoms with van der Waals surface area (Å²) >= 11 is 0. The van der Waals surface area contributed by atoms with Crippen molar-refractivity contribution in [2.24, 2.45) is 17.3 Å². The van der Waals surface area contributed by atoms with Crippen LogP contribution in [0.4, 0.5) is 0 Å². The first-order valence-electron chi connectivity index (χ1n) is 3.88. The lowest BCUT2D eigenvalue weighted by molar-refractivity contribution is -0.148. The number of carboxylic acid groups (broad SMARTS) is 1. The van der Waals surface area contributed by atoms with E-state index in [0.717, 1.165) is 18.8 Å². The number of carbonyl (C=O) groups is 1. The highest BCUT2D eigenvalue weighted by molar-refractivity contribution is 5.75. The summed E-state index contributed by atoms with van der Waals surface area (Å²) < 4.78 is 0. The van der Waals surface area contributed by atoms with Crippen molar-refractivity contribution >= 4 is 5.97 Å². The van der Waals surface area contributed by atoms with Crippen LogP contribution in [-0.2, 0) is 4.79 Å². The van der Waals surface area contributed by atoms with Gasteiger partial charge in [0, 0.05) is 0 Å². The molecular weight excluding hydrogens is 128 g/mol. The van der Waals surface area contributed by atoms with E-state index in [0.29, 0.717) is 5.92 Å². The first kappa shape index (κ1) is 6.20. The van der Waals surface area contributed by atoms with Crippen molar-refractivity contribution in [3.8, 4) is 0 Å². The molecule has 0 heterocycles.